The Morgan fingerprint density at radius 3 is 2.83 bits per heavy atom. The van der Waals surface area contributed by atoms with Crippen molar-refractivity contribution < 1.29 is 9.90 Å². The van der Waals surface area contributed by atoms with Crippen molar-refractivity contribution in [3.8, 4) is 11.3 Å². The first-order valence-electron chi connectivity index (χ1n) is 8.06. The van der Waals surface area contributed by atoms with E-state index in [2.05, 4.69) is 4.98 Å². The molecule has 1 fully saturated rings. The summed E-state index contributed by atoms with van der Waals surface area (Å²) < 4.78 is 0. The third kappa shape index (κ3) is 3.42. The predicted molar refractivity (Wildman–Crippen MR) is 90.3 cm³/mol. The molecule has 4 nitrogen and oxygen atoms in total. The van der Waals surface area contributed by atoms with E-state index in [1.54, 1.807) is 4.90 Å². The smallest absolute Gasteiger partial charge is 0.253 e. The first kappa shape index (κ1) is 15.7. The average molecular weight is 310 g/mol. The maximum absolute atomic E-state index is 12.6. The molecule has 1 atom stereocenters. The number of pyridine rings is 1. The molecule has 0 radical (unpaired) electrons. The molecule has 1 saturated heterocycles. The molecule has 0 saturated carbocycles. The maximum Gasteiger partial charge on any atom is 0.253 e. The molecule has 1 aliphatic rings. The third-order valence-corrected chi connectivity index (χ3v) is 4.44. The van der Waals surface area contributed by atoms with E-state index in [-0.39, 0.29) is 5.91 Å². The molecule has 1 aromatic heterocycles. The lowest BCUT2D eigenvalue weighted by Gasteiger charge is -2.30. The highest BCUT2D eigenvalue weighted by Gasteiger charge is 2.23. The van der Waals surface area contributed by atoms with E-state index in [1.807, 2.05) is 50.2 Å². The van der Waals surface area contributed by atoms with Crippen LogP contribution in [0.5, 0.6) is 0 Å². The molecule has 2 aromatic rings. The summed E-state index contributed by atoms with van der Waals surface area (Å²) in [5, 5.41) is 9.76. The number of aliphatic hydroxyl groups is 1. The molecule has 1 aliphatic heterocycles. The van der Waals surface area contributed by atoms with E-state index in [0.717, 1.165) is 35.4 Å². The number of aromatic nitrogens is 1. The van der Waals surface area contributed by atoms with Crippen molar-refractivity contribution in [2.24, 2.45) is 0 Å². The lowest BCUT2D eigenvalue weighted by molar-refractivity contribution is 0.0474. The number of β-amino-alcohol motifs (C(OH)–C–C–N with tert-alkyl or cyclic N) is 1. The van der Waals surface area contributed by atoms with Crippen LogP contribution in [0.25, 0.3) is 11.3 Å². The Morgan fingerprint density at radius 1 is 1.26 bits per heavy atom. The van der Waals surface area contributed by atoms with Crippen LogP contribution in [0, 0.1) is 13.8 Å². The number of nitrogens with zero attached hydrogens (tertiary/aromatic N) is 2. The Kier molecular flexibility index (Phi) is 4.44. The molecular weight excluding hydrogens is 288 g/mol. The number of aliphatic hydroxyl groups excluding tert-OH is 1. The van der Waals surface area contributed by atoms with E-state index in [9.17, 15) is 9.90 Å². The van der Waals surface area contributed by atoms with E-state index in [0.29, 0.717) is 18.7 Å². The summed E-state index contributed by atoms with van der Waals surface area (Å²) >= 11 is 0. The normalized spacial score (nSPS) is 18.0. The van der Waals surface area contributed by atoms with Crippen molar-refractivity contribution >= 4 is 5.91 Å². The number of carbonyl (C=O) groups is 1. The van der Waals surface area contributed by atoms with Crippen molar-refractivity contribution in [1.29, 1.82) is 0 Å². The fraction of sp³-hybridized carbons (Fsp3) is 0.368. The van der Waals surface area contributed by atoms with Gasteiger partial charge in [-0.2, -0.15) is 0 Å². The van der Waals surface area contributed by atoms with Crippen molar-refractivity contribution in [2.75, 3.05) is 13.1 Å². The van der Waals surface area contributed by atoms with E-state index >= 15 is 0 Å². The van der Waals surface area contributed by atoms with Crippen LogP contribution in [0.4, 0.5) is 0 Å². The van der Waals surface area contributed by atoms with Gasteiger partial charge in [-0.15, -0.1) is 0 Å². The lowest BCUT2D eigenvalue weighted by atomic mass is 10.0. The van der Waals surface area contributed by atoms with Crippen molar-refractivity contribution in [3.05, 3.63) is 53.2 Å². The summed E-state index contributed by atoms with van der Waals surface area (Å²) in [6, 6.07) is 11.6. The molecule has 1 aromatic carbocycles. The van der Waals surface area contributed by atoms with Gasteiger partial charge in [-0.1, -0.05) is 18.2 Å². The lowest BCUT2D eigenvalue weighted by Crippen LogP contribution is -2.42. The summed E-state index contributed by atoms with van der Waals surface area (Å²) in [6.07, 6.45) is 1.22. The number of likely N-dealkylation sites (tertiary alicyclic amines) is 1. The van der Waals surface area contributed by atoms with Gasteiger partial charge in [-0.05, 0) is 50.5 Å². The molecule has 0 spiro atoms. The standard InChI is InChI=1S/C19H22N2O2/c1-13-8-9-18(20-14(13)2)15-5-3-6-16(11-15)19(23)21-10-4-7-17(22)12-21/h3,5-6,8-9,11,17,22H,4,7,10,12H2,1-2H3/t17-/m0/s1. The second-order valence-corrected chi connectivity index (χ2v) is 6.23. The average Bonchev–Trinajstić information content (AvgIpc) is 2.57. The van der Waals surface area contributed by atoms with Crippen molar-refractivity contribution in [1.82, 2.24) is 9.88 Å². The molecular formula is C19H22N2O2. The first-order valence-corrected chi connectivity index (χ1v) is 8.06. The first-order chi connectivity index (χ1) is 11.0. The molecule has 0 aliphatic carbocycles. The van der Waals surface area contributed by atoms with Gasteiger partial charge in [0, 0.05) is 29.9 Å². The largest absolute Gasteiger partial charge is 0.391 e. The van der Waals surface area contributed by atoms with Crippen molar-refractivity contribution in [3.63, 3.8) is 0 Å². The number of piperidine rings is 1. The van der Waals surface area contributed by atoms with Crippen LogP contribution in [-0.2, 0) is 0 Å². The minimum absolute atomic E-state index is 0.0190. The van der Waals surface area contributed by atoms with Gasteiger partial charge in [0.25, 0.3) is 5.91 Å². The van der Waals surface area contributed by atoms with Crippen LogP contribution in [0.15, 0.2) is 36.4 Å². The molecule has 3 rings (SSSR count). The monoisotopic (exact) mass is 310 g/mol. The zero-order valence-corrected chi connectivity index (χ0v) is 13.6. The predicted octanol–water partition coefficient (Wildman–Crippen LogP) is 2.96. The van der Waals surface area contributed by atoms with E-state index in [1.165, 1.54) is 0 Å². The number of rotatable bonds is 2. The second kappa shape index (κ2) is 6.50. The van der Waals surface area contributed by atoms with E-state index < -0.39 is 6.10 Å². The van der Waals surface area contributed by atoms with Crippen LogP contribution < -0.4 is 0 Å². The SMILES string of the molecule is Cc1ccc(-c2cccc(C(=O)N3CCC[C@H](O)C3)c2)nc1C. The molecule has 23 heavy (non-hydrogen) atoms. The molecule has 0 unspecified atom stereocenters. The Labute approximate surface area is 136 Å². The Hall–Kier alpha value is -2.20. The highest BCUT2D eigenvalue weighted by atomic mass is 16.3. The number of aryl methyl sites for hydroxylation is 2. The van der Waals surface area contributed by atoms with Crippen LogP contribution in [0.1, 0.15) is 34.5 Å². The Bertz CT molecular complexity index is 727. The van der Waals surface area contributed by atoms with Gasteiger partial charge >= 0.3 is 0 Å². The highest BCUT2D eigenvalue weighted by Crippen LogP contribution is 2.21. The van der Waals surface area contributed by atoms with Gasteiger partial charge in [-0.3, -0.25) is 9.78 Å². The Balaban J connectivity index is 1.87. The second-order valence-electron chi connectivity index (χ2n) is 6.23. The molecule has 1 N–H and O–H groups in total. The fourth-order valence-corrected chi connectivity index (χ4v) is 2.92. The molecule has 120 valence electrons. The summed E-state index contributed by atoms with van der Waals surface area (Å²) in [5.74, 6) is -0.0190. The maximum atomic E-state index is 12.6. The number of amides is 1. The van der Waals surface area contributed by atoms with Crippen molar-refractivity contribution in [2.45, 2.75) is 32.8 Å². The fourth-order valence-electron chi connectivity index (χ4n) is 2.92. The quantitative estimate of drug-likeness (QED) is 0.928. The van der Waals surface area contributed by atoms with Gasteiger partial charge in [0.15, 0.2) is 0 Å². The topological polar surface area (TPSA) is 53.4 Å². The van der Waals surface area contributed by atoms with Crippen LogP contribution in [-0.4, -0.2) is 40.1 Å². The van der Waals surface area contributed by atoms with E-state index in [4.69, 9.17) is 0 Å². The summed E-state index contributed by atoms with van der Waals surface area (Å²) in [6.45, 7) is 5.16. The zero-order valence-electron chi connectivity index (χ0n) is 13.6. The van der Waals surface area contributed by atoms with Crippen LogP contribution >= 0.6 is 0 Å². The summed E-state index contributed by atoms with van der Waals surface area (Å²) in [4.78, 5) is 19.0. The molecule has 2 heterocycles. The number of hydrogen-bond donors (Lipinski definition) is 1. The number of hydrogen-bond acceptors (Lipinski definition) is 3. The summed E-state index contributed by atoms with van der Waals surface area (Å²) in [7, 11) is 0. The van der Waals surface area contributed by atoms with Gasteiger partial charge < -0.3 is 10.0 Å². The zero-order chi connectivity index (χ0) is 16.4. The molecule has 1 amide bonds. The van der Waals surface area contributed by atoms with Gasteiger partial charge in [0.05, 0.1) is 11.8 Å². The number of carbonyl (C=O) groups excluding carboxylic acids is 1. The molecule has 4 heteroatoms. The molecule has 0 bridgehead atoms. The van der Waals surface area contributed by atoms with Gasteiger partial charge in [-0.25, -0.2) is 0 Å². The third-order valence-electron chi connectivity index (χ3n) is 4.44. The minimum atomic E-state index is -0.405. The highest BCUT2D eigenvalue weighted by molar-refractivity contribution is 5.95. The Morgan fingerprint density at radius 2 is 2.09 bits per heavy atom. The van der Waals surface area contributed by atoms with Crippen LogP contribution in [0.2, 0.25) is 0 Å². The minimum Gasteiger partial charge on any atom is -0.391 e. The van der Waals surface area contributed by atoms with Gasteiger partial charge in [0.2, 0.25) is 0 Å². The van der Waals surface area contributed by atoms with Gasteiger partial charge in [0.1, 0.15) is 0 Å². The summed E-state index contributed by atoms with van der Waals surface area (Å²) in [5.41, 5.74) is 4.62. The number of benzene rings is 1. The van der Waals surface area contributed by atoms with Crippen LogP contribution in [0.3, 0.4) is 0 Å².